The lowest BCUT2D eigenvalue weighted by atomic mass is 10.1. The van der Waals surface area contributed by atoms with E-state index in [1.54, 1.807) is 24.3 Å². The highest BCUT2D eigenvalue weighted by Gasteiger charge is 2.12. The number of hydrogen-bond acceptors (Lipinski definition) is 4. The zero-order valence-electron chi connectivity index (χ0n) is 16.1. The van der Waals surface area contributed by atoms with E-state index in [0.29, 0.717) is 22.7 Å². The second-order valence-electron chi connectivity index (χ2n) is 6.63. The average molecular weight is 397 g/mol. The summed E-state index contributed by atoms with van der Waals surface area (Å²) in [5.41, 5.74) is 0.954. The minimum absolute atomic E-state index is 0.307. The molecule has 0 heterocycles. The van der Waals surface area contributed by atoms with Gasteiger partial charge in [0.05, 0.1) is 5.56 Å². The number of carbonyl (C=O) groups is 2. The molecule has 0 aliphatic rings. The van der Waals surface area contributed by atoms with Crippen LogP contribution in [0.25, 0.3) is 10.8 Å². The van der Waals surface area contributed by atoms with Gasteiger partial charge >= 0.3 is 5.97 Å². The Balaban J connectivity index is 1.34. The van der Waals surface area contributed by atoms with Crippen molar-refractivity contribution in [3.8, 4) is 11.5 Å². The van der Waals surface area contributed by atoms with E-state index in [0.717, 1.165) is 10.8 Å². The zero-order valence-corrected chi connectivity index (χ0v) is 16.1. The van der Waals surface area contributed by atoms with Gasteiger partial charge in [-0.25, -0.2) is 4.79 Å². The lowest BCUT2D eigenvalue weighted by Gasteiger charge is -2.09. The highest BCUT2D eigenvalue weighted by atomic mass is 16.5. The summed E-state index contributed by atoms with van der Waals surface area (Å²) in [5, 5.41) is 4.84. The molecule has 0 radical (unpaired) electrons. The molecule has 5 heteroatoms. The Labute approximate surface area is 173 Å². The fraction of sp³-hybridized carbons (Fsp3) is 0.0400. The minimum atomic E-state index is -0.595. The van der Waals surface area contributed by atoms with E-state index in [9.17, 15) is 9.59 Å². The first-order valence-electron chi connectivity index (χ1n) is 9.46. The van der Waals surface area contributed by atoms with Crippen molar-refractivity contribution in [2.75, 3.05) is 11.9 Å². The van der Waals surface area contributed by atoms with Crippen LogP contribution in [0.2, 0.25) is 0 Å². The zero-order chi connectivity index (χ0) is 20.8. The first-order valence-corrected chi connectivity index (χ1v) is 9.46. The predicted octanol–water partition coefficient (Wildman–Crippen LogP) is 5.43. The summed E-state index contributed by atoms with van der Waals surface area (Å²) in [5.74, 6) is 0.173. The topological polar surface area (TPSA) is 64.6 Å². The fourth-order valence-electron chi connectivity index (χ4n) is 2.99. The van der Waals surface area contributed by atoms with Gasteiger partial charge in [0.25, 0.3) is 5.91 Å². The van der Waals surface area contributed by atoms with Gasteiger partial charge in [-0.1, -0.05) is 54.6 Å². The Morgan fingerprint density at radius 1 is 0.700 bits per heavy atom. The molecule has 0 spiro atoms. The lowest BCUT2D eigenvalue weighted by molar-refractivity contribution is -0.119. The summed E-state index contributed by atoms with van der Waals surface area (Å²) in [6, 6.07) is 29.4. The molecule has 4 rings (SSSR count). The Hall–Kier alpha value is -4.12. The molecular formula is C25H19NO4. The maximum atomic E-state index is 12.3. The predicted molar refractivity (Wildman–Crippen MR) is 116 cm³/mol. The maximum absolute atomic E-state index is 12.3. The number of para-hydroxylation sites is 1. The maximum Gasteiger partial charge on any atom is 0.338 e. The summed E-state index contributed by atoms with van der Waals surface area (Å²) in [6.07, 6.45) is 0. The molecule has 5 nitrogen and oxygen atoms in total. The molecule has 4 aromatic carbocycles. The number of anilines is 1. The number of hydrogen-bond donors (Lipinski definition) is 1. The molecule has 0 aliphatic heterocycles. The SMILES string of the molecule is O=C(COC(=O)c1cccc(Oc2ccccc2)c1)Nc1ccc2ccccc2c1. The van der Waals surface area contributed by atoms with Crippen LogP contribution in [0.1, 0.15) is 10.4 Å². The molecule has 0 bridgehead atoms. The molecule has 30 heavy (non-hydrogen) atoms. The summed E-state index contributed by atoms with van der Waals surface area (Å²) in [7, 11) is 0. The van der Waals surface area contributed by atoms with Crippen LogP contribution >= 0.6 is 0 Å². The van der Waals surface area contributed by atoms with Crippen molar-refractivity contribution < 1.29 is 19.1 Å². The summed E-state index contributed by atoms with van der Waals surface area (Å²) >= 11 is 0. The van der Waals surface area contributed by atoms with Crippen molar-refractivity contribution in [2.24, 2.45) is 0 Å². The smallest absolute Gasteiger partial charge is 0.338 e. The van der Waals surface area contributed by atoms with E-state index in [1.165, 1.54) is 0 Å². The Morgan fingerprint density at radius 3 is 2.27 bits per heavy atom. The van der Waals surface area contributed by atoms with E-state index < -0.39 is 11.9 Å². The molecule has 0 aromatic heterocycles. The molecular weight excluding hydrogens is 378 g/mol. The van der Waals surface area contributed by atoms with E-state index in [4.69, 9.17) is 9.47 Å². The van der Waals surface area contributed by atoms with Crippen LogP contribution in [0.3, 0.4) is 0 Å². The molecule has 0 saturated heterocycles. The highest BCUT2D eigenvalue weighted by Crippen LogP contribution is 2.22. The van der Waals surface area contributed by atoms with Crippen molar-refractivity contribution in [3.05, 3.63) is 103 Å². The molecule has 4 aromatic rings. The van der Waals surface area contributed by atoms with Crippen LogP contribution in [0.15, 0.2) is 97.1 Å². The fourth-order valence-corrected chi connectivity index (χ4v) is 2.99. The largest absolute Gasteiger partial charge is 0.457 e. The molecule has 0 saturated carbocycles. The minimum Gasteiger partial charge on any atom is -0.457 e. The van der Waals surface area contributed by atoms with Gasteiger partial charge in [0.15, 0.2) is 6.61 Å². The summed E-state index contributed by atoms with van der Waals surface area (Å²) in [4.78, 5) is 24.5. The van der Waals surface area contributed by atoms with Gasteiger partial charge in [-0.05, 0) is 53.2 Å². The van der Waals surface area contributed by atoms with Crippen molar-refractivity contribution >= 4 is 28.3 Å². The monoisotopic (exact) mass is 397 g/mol. The van der Waals surface area contributed by atoms with Crippen molar-refractivity contribution in [2.45, 2.75) is 0 Å². The number of carbonyl (C=O) groups excluding carboxylic acids is 2. The van der Waals surface area contributed by atoms with E-state index in [-0.39, 0.29) is 6.61 Å². The number of rotatable bonds is 6. The van der Waals surface area contributed by atoms with Crippen LogP contribution < -0.4 is 10.1 Å². The van der Waals surface area contributed by atoms with Crippen molar-refractivity contribution in [1.29, 1.82) is 0 Å². The quantitative estimate of drug-likeness (QED) is 0.441. The van der Waals surface area contributed by atoms with Crippen molar-refractivity contribution in [1.82, 2.24) is 0 Å². The Morgan fingerprint density at radius 2 is 1.43 bits per heavy atom. The van der Waals surface area contributed by atoms with Gasteiger partial charge in [-0.3, -0.25) is 4.79 Å². The molecule has 148 valence electrons. The summed E-state index contributed by atoms with van der Waals surface area (Å²) in [6.45, 7) is -0.380. The van der Waals surface area contributed by atoms with E-state index >= 15 is 0 Å². The number of ether oxygens (including phenoxy) is 2. The Bertz CT molecular complexity index is 1190. The van der Waals surface area contributed by atoms with Gasteiger partial charge in [-0.2, -0.15) is 0 Å². The number of esters is 1. The third kappa shape index (κ3) is 4.83. The lowest BCUT2D eigenvalue weighted by Crippen LogP contribution is -2.20. The standard InChI is InChI=1S/C25H19NO4/c27-24(26-21-14-13-18-7-4-5-8-19(18)15-21)17-29-25(28)20-9-6-12-23(16-20)30-22-10-2-1-3-11-22/h1-16H,17H2,(H,26,27). The first kappa shape index (κ1) is 19.2. The molecule has 0 aliphatic carbocycles. The van der Waals surface area contributed by atoms with Crippen LogP contribution in [0.4, 0.5) is 5.69 Å². The van der Waals surface area contributed by atoms with Crippen LogP contribution in [0.5, 0.6) is 11.5 Å². The van der Waals surface area contributed by atoms with E-state index in [2.05, 4.69) is 5.32 Å². The van der Waals surface area contributed by atoms with Crippen LogP contribution in [-0.4, -0.2) is 18.5 Å². The van der Waals surface area contributed by atoms with Gasteiger partial charge in [0.2, 0.25) is 0 Å². The molecule has 0 fully saturated rings. The van der Waals surface area contributed by atoms with Gasteiger partial charge < -0.3 is 14.8 Å². The van der Waals surface area contributed by atoms with Gasteiger partial charge in [0.1, 0.15) is 11.5 Å². The second kappa shape index (κ2) is 8.92. The number of nitrogens with one attached hydrogen (secondary N) is 1. The highest BCUT2D eigenvalue weighted by molar-refractivity contribution is 5.97. The number of amides is 1. The molecule has 0 unspecified atom stereocenters. The molecule has 1 amide bonds. The van der Waals surface area contributed by atoms with E-state index in [1.807, 2.05) is 72.8 Å². The van der Waals surface area contributed by atoms with Crippen LogP contribution in [0, 0.1) is 0 Å². The average Bonchev–Trinajstić information content (AvgIpc) is 2.78. The number of fused-ring (bicyclic) bond motifs is 1. The first-order chi connectivity index (χ1) is 14.7. The van der Waals surface area contributed by atoms with Crippen LogP contribution in [-0.2, 0) is 9.53 Å². The third-order valence-electron chi connectivity index (χ3n) is 4.42. The van der Waals surface area contributed by atoms with Crippen molar-refractivity contribution in [3.63, 3.8) is 0 Å². The third-order valence-corrected chi connectivity index (χ3v) is 4.42. The Kier molecular flexibility index (Phi) is 5.71. The molecule has 0 atom stereocenters. The number of benzene rings is 4. The summed E-state index contributed by atoms with van der Waals surface area (Å²) < 4.78 is 10.9. The second-order valence-corrected chi connectivity index (χ2v) is 6.63. The van der Waals surface area contributed by atoms with Gasteiger partial charge in [0, 0.05) is 5.69 Å². The molecule has 1 N–H and O–H groups in total. The van der Waals surface area contributed by atoms with Gasteiger partial charge in [-0.15, -0.1) is 0 Å². The normalized spacial score (nSPS) is 10.4.